The quantitative estimate of drug-likeness (QED) is 0.515. The average molecular weight is 434 g/mol. The zero-order valence-corrected chi connectivity index (χ0v) is 17.7. The maximum atomic E-state index is 12.9. The Balaban J connectivity index is 1.56. The van der Waals surface area contributed by atoms with Crippen LogP contribution in [0.3, 0.4) is 0 Å². The van der Waals surface area contributed by atoms with Crippen LogP contribution in [-0.4, -0.2) is 56.3 Å². The highest BCUT2D eigenvalue weighted by Crippen LogP contribution is 2.19. The van der Waals surface area contributed by atoms with Gasteiger partial charge in [-0.15, -0.1) is 0 Å². The maximum Gasteiger partial charge on any atom is 0.279 e. The molecule has 0 aromatic heterocycles. The number of sulfonamides is 1. The third-order valence-electron chi connectivity index (χ3n) is 5.30. The highest BCUT2D eigenvalue weighted by atomic mass is 32.2. The van der Waals surface area contributed by atoms with Gasteiger partial charge in [-0.1, -0.05) is 12.1 Å². The Kier molecular flexibility index (Phi) is 6.49. The fourth-order valence-corrected chi connectivity index (χ4v) is 4.90. The predicted molar refractivity (Wildman–Crippen MR) is 112 cm³/mol. The molecule has 0 saturated carbocycles. The number of anilines is 1. The van der Waals surface area contributed by atoms with Crippen molar-refractivity contribution in [1.29, 1.82) is 0 Å². The van der Waals surface area contributed by atoms with Gasteiger partial charge in [0, 0.05) is 17.8 Å². The normalized spacial score (nSPS) is 15.7. The fraction of sp³-hybridized carbons (Fsp3) is 0.350. The van der Waals surface area contributed by atoms with Crippen LogP contribution in [0.4, 0.5) is 11.4 Å². The summed E-state index contributed by atoms with van der Waals surface area (Å²) in [6, 6.07) is 10.9. The molecule has 3 rings (SSSR count). The molecule has 9 nitrogen and oxygen atoms in total. The first-order valence-corrected chi connectivity index (χ1v) is 11.1. The summed E-state index contributed by atoms with van der Waals surface area (Å²) in [6.07, 6.45) is 0. The van der Waals surface area contributed by atoms with Crippen LogP contribution in [0.2, 0.25) is 0 Å². The van der Waals surface area contributed by atoms with E-state index >= 15 is 0 Å². The van der Waals surface area contributed by atoms with Crippen molar-refractivity contribution in [3.8, 4) is 0 Å². The fourth-order valence-electron chi connectivity index (χ4n) is 3.37. The Hall–Kier alpha value is -2.82. The minimum Gasteiger partial charge on any atom is -0.325 e. The summed E-state index contributed by atoms with van der Waals surface area (Å²) >= 11 is 0. The number of non-ortho nitro benzene ring substituents is 1. The highest BCUT2D eigenvalue weighted by Gasteiger charge is 2.31. The predicted octanol–water partition coefficient (Wildman–Crippen LogP) is 0.740. The molecule has 1 fully saturated rings. The molecule has 0 aliphatic carbocycles. The number of carbonyl (C=O) groups excluding carboxylic acids is 1. The van der Waals surface area contributed by atoms with Gasteiger partial charge < -0.3 is 10.2 Å². The van der Waals surface area contributed by atoms with E-state index in [9.17, 15) is 23.3 Å². The molecule has 2 aromatic rings. The van der Waals surface area contributed by atoms with Crippen molar-refractivity contribution in [1.82, 2.24) is 4.31 Å². The van der Waals surface area contributed by atoms with Gasteiger partial charge in [-0.25, -0.2) is 8.42 Å². The molecule has 2 N–H and O–H groups in total. The number of nitrogens with zero attached hydrogens (tertiary/aromatic N) is 2. The van der Waals surface area contributed by atoms with Crippen LogP contribution < -0.4 is 10.2 Å². The van der Waals surface area contributed by atoms with E-state index in [1.54, 1.807) is 18.2 Å². The zero-order chi connectivity index (χ0) is 21.9. The molecule has 2 aromatic carbocycles. The van der Waals surface area contributed by atoms with Gasteiger partial charge in [0.25, 0.3) is 11.6 Å². The number of nitro groups is 1. The van der Waals surface area contributed by atoms with Gasteiger partial charge in [-0.2, -0.15) is 4.31 Å². The van der Waals surface area contributed by atoms with Gasteiger partial charge in [0.1, 0.15) is 0 Å². The second-order valence-corrected chi connectivity index (χ2v) is 9.37. The molecule has 0 unspecified atom stereocenters. The van der Waals surface area contributed by atoms with Crippen LogP contribution in [0.1, 0.15) is 11.1 Å². The molecule has 1 saturated heterocycles. The maximum absolute atomic E-state index is 12.9. The molecular formula is C20H25N4O5S+. The van der Waals surface area contributed by atoms with Crippen molar-refractivity contribution < 1.29 is 23.0 Å². The molecule has 0 bridgehead atoms. The number of carbonyl (C=O) groups is 1. The Morgan fingerprint density at radius 2 is 1.83 bits per heavy atom. The Morgan fingerprint density at radius 3 is 2.47 bits per heavy atom. The van der Waals surface area contributed by atoms with Crippen molar-refractivity contribution in [2.75, 3.05) is 38.0 Å². The van der Waals surface area contributed by atoms with Crippen LogP contribution in [-0.2, 0) is 14.8 Å². The topological polar surface area (TPSA) is 114 Å². The van der Waals surface area contributed by atoms with E-state index in [4.69, 9.17) is 0 Å². The third-order valence-corrected chi connectivity index (χ3v) is 7.19. The van der Waals surface area contributed by atoms with Gasteiger partial charge in [-0.05, 0) is 43.2 Å². The Bertz CT molecular complexity index is 1060. The minimum absolute atomic E-state index is 0.0923. The van der Waals surface area contributed by atoms with E-state index in [0.29, 0.717) is 31.9 Å². The smallest absolute Gasteiger partial charge is 0.279 e. The lowest BCUT2D eigenvalue weighted by molar-refractivity contribution is -0.895. The summed E-state index contributed by atoms with van der Waals surface area (Å²) < 4.78 is 27.2. The number of rotatable bonds is 6. The lowest BCUT2D eigenvalue weighted by Gasteiger charge is -2.31. The summed E-state index contributed by atoms with van der Waals surface area (Å²) in [5, 5.41) is 13.5. The molecule has 10 heteroatoms. The van der Waals surface area contributed by atoms with E-state index in [1.807, 2.05) is 19.9 Å². The van der Waals surface area contributed by atoms with Gasteiger partial charge in [-0.3, -0.25) is 14.9 Å². The van der Waals surface area contributed by atoms with Gasteiger partial charge >= 0.3 is 0 Å². The largest absolute Gasteiger partial charge is 0.325 e. The number of quaternary nitrogens is 1. The van der Waals surface area contributed by atoms with Crippen molar-refractivity contribution in [3.05, 3.63) is 63.7 Å². The van der Waals surface area contributed by atoms with E-state index in [0.717, 1.165) is 16.0 Å². The number of hydrogen-bond acceptors (Lipinski definition) is 5. The summed E-state index contributed by atoms with van der Waals surface area (Å²) in [7, 11) is -3.56. The van der Waals surface area contributed by atoms with E-state index in [-0.39, 0.29) is 23.0 Å². The number of nitro benzene ring substituents is 1. The molecule has 0 spiro atoms. The first-order chi connectivity index (χ1) is 14.2. The number of nitrogens with one attached hydrogen (secondary N) is 2. The van der Waals surface area contributed by atoms with E-state index in [2.05, 4.69) is 5.32 Å². The SMILES string of the molecule is Cc1ccc(S(=O)(=O)N2CC[NH+](CC(=O)Nc3cccc([N+](=O)[O-])c3)CC2)cc1C. The van der Waals surface area contributed by atoms with Crippen molar-refractivity contribution >= 4 is 27.3 Å². The van der Waals surface area contributed by atoms with Crippen LogP contribution in [0.25, 0.3) is 0 Å². The van der Waals surface area contributed by atoms with Crippen molar-refractivity contribution in [2.45, 2.75) is 18.7 Å². The molecule has 1 heterocycles. The first-order valence-electron chi connectivity index (χ1n) is 9.62. The molecule has 0 atom stereocenters. The minimum atomic E-state index is -3.56. The van der Waals surface area contributed by atoms with E-state index in [1.165, 1.54) is 22.5 Å². The van der Waals surface area contributed by atoms with Crippen LogP contribution in [0, 0.1) is 24.0 Å². The number of benzene rings is 2. The molecule has 1 aliphatic heterocycles. The molecule has 160 valence electrons. The van der Waals surface area contributed by atoms with Crippen LogP contribution in [0.5, 0.6) is 0 Å². The number of piperazine rings is 1. The number of amides is 1. The standard InChI is InChI=1S/C20H24N4O5S/c1-15-6-7-19(12-16(15)2)30(28,29)23-10-8-22(9-11-23)14-20(25)21-17-4-3-5-18(13-17)24(26)27/h3-7,12-13H,8-11,14H2,1-2H3,(H,21,25)/p+1. The van der Waals surface area contributed by atoms with Crippen molar-refractivity contribution in [3.63, 3.8) is 0 Å². The molecule has 1 amide bonds. The summed E-state index contributed by atoms with van der Waals surface area (Å²) in [5.41, 5.74) is 2.24. The third kappa shape index (κ3) is 5.02. The second-order valence-electron chi connectivity index (χ2n) is 7.43. The highest BCUT2D eigenvalue weighted by molar-refractivity contribution is 7.89. The first kappa shape index (κ1) is 21.9. The van der Waals surface area contributed by atoms with Crippen molar-refractivity contribution in [2.24, 2.45) is 0 Å². The second kappa shape index (κ2) is 8.90. The van der Waals surface area contributed by atoms with Gasteiger partial charge in [0.05, 0.1) is 36.0 Å². The number of aryl methyl sites for hydroxylation is 2. The number of hydrogen-bond donors (Lipinski definition) is 2. The summed E-state index contributed by atoms with van der Waals surface area (Å²) in [6.45, 7) is 5.66. The molecule has 1 aliphatic rings. The Labute approximate surface area is 175 Å². The van der Waals surface area contributed by atoms with E-state index < -0.39 is 14.9 Å². The monoisotopic (exact) mass is 433 g/mol. The summed E-state index contributed by atoms with van der Waals surface area (Å²) in [5.74, 6) is -0.268. The molecule has 0 radical (unpaired) electrons. The average Bonchev–Trinajstić information content (AvgIpc) is 2.70. The van der Waals surface area contributed by atoms with Gasteiger partial charge in [0.2, 0.25) is 10.0 Å². The summed E-state index contributed by atoms with van der Waals surface area (Å²) in [4.78, 5) is 23.9. The Morgan fingerprint density at radius 1 is 1.13 bits per heavy atom. The van der Waals surface area contributed by atoms with Gasteiger partial charge in [0.15, 0.2) is 6.54 Å². The lowest BCUT2D eigenvalue weighted by atomic mass is 10.1. The van der Waals surface area contributed by atoms with Crippen LogP contribution >= 0.6 is 0 Å². The molecule has 30 heavy (non-hydrogen) atoms. The van der Waals surface area contributed by atoms with Crippen LogP contribution in [0.15, 0.2) is 47.4 Å². The lowest BCUT2D eigenvalue weighted by Crippen LogP contribution is -3.15. The zero-order valence-electron chi connectivity index (χ0n) is 16.9. The molecular weight excluding hydrogens is 408 g/mol.